The molecule has 0 bridgehead atoms. The summed E-state index contributed by atoms with van der Waals surface area (Å²) < 4.78 is 2.39. The van der Waals surface area contributed by atoms with E-state index in [2.05, 4.69) is 264 Å². The van der Waals surface area contributed by atoms with Gasteiger partial charge in [0.05, 0.1) is 11.0 Å². The molecule has 64 heavy (non-hydrogen) atoms. The van der Waals surface area contributed by atoms with Gasteiger partial charge in [-0.15, -0.1) is 0 Å². The van der Waals surface area contributed by atoms with Gasteiger partial charge in [0.1, 0.15) is 0 Å². The third-order valence-electron chi connectivity index (χ3n) is 12.7. The molecule has 0 saturated carbocycles. The Morgan fingerprint density at radius 1 is 0.266 bits per heavy atom. The van der Waals surface area contributed by atoms with E-state index in [1.165, 1.54) is 71.2 Å². The summed E-state index contributed by atoms with van der Waals surface area (Å²) >= 11 is 0. The normalized spacial score (nSPS) is 11.4. The van der Waals surface area contributed by atoms with Crippen LogP contribution >= 0.6 is 0 Å². The van der Waals surface area contributed by atoms with Gasteiger partial charge in [-0.1, -0.05) is 188 Å². The second-order valence-corrected chi connectivity index (χ2v) is 16.5. The van der Waals surface area contributed by atoms with Crippen molar-refractivity contribution in [2.24, 2.45) is 0 Å². The highest BCUT2D eigenvalue weighted by Crippen LogP contribution is 2.44. The van der Waals surface area contributed by atoms with Crippen molar-refractivity contribution in [2.75, 3.05) is 4.90 Å². The second kappa shape index (κ2) is 15.8. The van der Waals surface area contributed by atoms with Gasteiger partial charge in [-0.3, -0.25) is 0 Å². The van der Waals surface area contributed by atoms with Crippen molar-refractivity contribution in [1.82, 2.24) is 4.57 Å². The Hall–Kier alpha value is -8.46. The summed E-state index contributed by atoms with van der Waals surface area (Å²) in [7, 11) is 0. The lowest BCUT2D eigenvalue weighted by Gasteiger charge is -2.28. The van der Waals surface area contributed by atoms with E-state index >= 15 is 0 Å². The molecule has 0 aliphatic heterocycles. The Morgan fingerprint density at radius 3 is 1.58 bits per heavy atom. The fourth-order valence-electron chi connectivity index (χ4n) is 9.79. The van der Waals surface area contributed by atoms with Crippen LogP contribution in [-0.2, 0) is 0 Å². The molecular formula is C62H42N2. The summed E-state index contributed by atoms with van der Waals surface area (Å²) in [6.45, 7) is 0. The molecule has 2 nitrogen and oxygen atoms in total. The van der Waals surface area contributed by atoms with Crippen LogP contribution in [-0.4, -0.2) is 4.57 Å². The molecule has 0 atom stereocenters. The largest absolute Gasteiger partial charge is 0.310 e. The van der Waals surface area contributed by atoms with Crippen molar-refractivity contribution in [1.29, 1.82) is 0 Å². The highest BCUT2D eigenvalue weighted by Gasteiger charge is 2.20. The zero-order chi connectivity index (χ0) is 42.4. The number of aromatic nitrogens is 1. The molecule has 0 aliphatic carbocycles. The van der Waals surface area contributed by atoms with E-state index in [9.17, 15) is 0 Å². The number of nitrogens with zero attached hydrogens (tertiary/aromatic N) is 2. The first-order valence-electron chi connectivity index (χ1n) is 22.0. The van der Waals surface area contributed by atoms with Gasteiger partial charge < -0.3 is 9.47 Å². The molecule has 0 radical (unpaired) electrons. The summed E-state index contributed by atoms with van der Waals surface area (Å²) in [6, 6.07) is 92.8. The minimum Gasteiger partial charge on any atom is -0.310 e. The Bertz CT molecular complexity index is 3590. The van der Waals surface area contributed by atoms with Gasteiger partial charge in [-0.25, -0.2) is 0 Å². The molecule has 0 spiro atoms. The van der Waals surface area contributed by atoms with Crippen molar-refractivity contribution in [3.63, 3.8) is 0 Å². The molecule has 0 fully saturated rings. The molecule has 2 heteroatoms. The quantitative estimate of drug-likeness (QED) is 0.139. The number of fused-ring (bicyclic) bond motifs is 6. The number of benzene rings is 11. The first-order chi connectivity index (χ1) is 31.7. The predicted molar refractivity (Wildman–Crippen MR) is 272 cm³/mol. The number of para-hydroxylation sites is 2. The van der Waals surface area contributed by atoms with Crippen LogP contribution < -0.4 is 4.90 Å². The molecule has 300 valence electrons. The van der Waals surface area contributed by atoms with E-state index in [-0.39, 0.29) is 0 Å². The third kappa shape index (κ3) is 6.52. The van der Waals surface area contributed by atoms with Gasteiger partial charge in [0.15, 0.2) is 0 Å². The molecule has 12 rings (SSSR count). The van der Waals surface area contributed by atoms with Gasteiger partial charge in [0.25, 0.3) is 0 Å². The summed E-state index contributed by atoms with van der Waals surface area (Å²) in [5, 5.41) is 7.54. The van der Waals surface area contributed by atoms with Crippen LogP contribution in [0.1, 0.15) is 0 Å². The first-order valence-corrected chi connectivity index (χ1v) is 22.0. The van der Waals surface area contributed by atoms with E-state index in [1.807, 2.05) is 0 Å². The summed E-state index contributed by atoms with van der Waals surface area (Å²) in [5.74, 6) is 0. The molecule has 0 N–H and O–H groups in total. The molecule has 11 aromatic carbocycles. The zero-order valence-corrected chi connectivity index (χ0v) is 35.1. The fraction of sp³-hybridized carbons (Fsp3) is 0. The van der Waals surface area contributed by atoms with Crippen molar-refractivity contribution in [2.45, 2.75) is 0 Å². The van der Waals surface area contributed by atoms with Gasteiger partial charge in [0, 0.05) is 33.5 Å². The van der Waals surface area contributed by atoms with Crippen molar-refractivity contribution in [3.05, 3.63) is 255 Å². The summed E-state index contributed by atoms with van der Waals surface area (Å²) in [4.78, 5) is 2.43. The molecule has 0 aliphatic rings. The molecular weight excluding hydrogens is 773 g/mol. The van der Waals surface area contributed by atoms with Crippen LogP contribution in [0.25, 0.3) is 93.5 Å². The maximum Gasteiger partial charge on any atom is 0.0547 e. The SMILES string of the molecule is c1ccc(-c2cc(-c3ccccc3)cc(N(c3ccc(-c4cccc5c4ccc4ccccc45)cc3)c3cccc(-c4cccc5c4c4ccccc4n5-c4ccccc4)c3)c2)cc1. The Balaban J connectivity index is 1.05. The van der Waals surface area contributed by atoms with Gasteiger partial charge in [-0.2, -0.15) is 0 Å². The number of rotatable bonds is 8. The zero-order valence-electron chi connectivity index (χ0n) is 35.1. The lowest BCUT2D eigenvalue weighted by atomic mass is 9.94. The van der Waals surface area contributed by atoms with Crippen LogP contribution in [0.4, 0.5) is 17.1 Å². The average molecular weight is 815 g/mol. The predicted octanol–water partition coefficient (Wildman–Crippen LogP) is 17.2. The highest BCUT2D eigenvalue weighted by molar-refractivity contribution is 6.16. The van der Waals surface area contributed by atoms with Crippen LogP contribution in [0, 0.1) is 0 Å². The summed E-state index contributed by atoms with van der Waals surface area (Å²) in [5.41, 5.74) is 16.2. The van der Waals surface area contributed by atoms with E-state index in [0.29, 0.717) is 0 Å². The minimum atomic E-state index is 1.08. The number of hydrogen-bond acceptors (Lipinski definition) is 1. The molecule has 0 amide bonds. The second-order valence-electron chi connectivity index (χ2n) is 16.5. The van der Waals surface area contributed by atoms with Crippen LogP contribution in [0.5, 0.6) is 0 Å². The molecule has 12 aromatic rings. The molecule has 1 heterocycles. The Morgan fingerprint density at radius 2 is 0.828 bits per heavy atom. The van der Waals surface area contributed by atoms with Crippen molar-refractivity contribution >= 4 is 60.4 Å². The van der Waals surface area contributed by atoms with Crippen LogP contribution in [0.3, 0.4) is 0 Å². The third-order valence-corrected chi connectivity index (χ3v) is 12.7. The van der Waals surface area contributed by atoms with Crippen LogP contribution in [0.15, 0.2) is 255 Å². The van der Waals surface area contributed by atoms with Gasteiger partial charge in [0.2, 0.25) is 0 Å². The fourth-order valence-corrected chi connectivity index (χ4v) is 9.79. The monoisotopic (exact) mass is 814 g/mol. The summed E-state index contributed by atoms with van der Waals surface area (Å²) in [6.07, 6.45) is 0. The van der Waals surface area contributed by atoms with E-state index in [1.54, 1.807) is 0 Å². The maximum atomic E-state index is 2.43. The van der Waals surface area contributed by atoms with Crippen molar-refractivity contribution < 1.29 is 0 Å². The maximum absolute atomic E-state index is 2.43. The lowest BCUT2D eigenvalue weighted by molar-refractivity contribution is 1.18. The first kappa shape index (κ1) is 37.3. The Kier molecular flexibility index (Phi) is 9.20. The van der Waals surface area contributed by atoms with E-state index in [0.717, 1.165) is 39.4 Å². The van der Waals surface area contributed by atoms with Gasteiger partial charge >= 0.3 is 0 Å². The number of hydrogen-bond donors (Lipinski definition) is 0. The van der Waals surface area contributed by atoms with Gasteiger partial charge in [-0.05, 0) is 133 Å². The highest BCUT2D eigenvalue weighted by atomic mass is 15.1. The van der Waals surface area contributed by atoms with Crippen LogP contribution in [0.2, 0.25) is 0 Å². The lowest BCUT2D eigenvalue weighted by Crippen LogP contribution is -2.10. The molecule has 1 aromatic heterocycles. The standard InChI is InChI=1S/C62H42N2/c1-4-17-43(18-5-1)48-39-49(44-19-6-2-7-20-44)42-53(41-48)63(51-36-33-46(34-37-51)55-28-15-30-57-54-26-11-10-21-45(54)35-38-58(55)57)52-25-14-22-47(40-52)56-29-16-32-61-62(56)59-27-12-13-31-60(59)64(61)50-23-8-3-9-24-50/h1-42H. The van der Waals surface area contributed by atoms with Crippen molar-refractivity contribution in [3.8, 4) is 50.2 Å². The Labute approximate surface area is 373 Å². The average Bonchev–Trinajstić information content (AvgIpc) is 3.72. The smallest absolute Gasteiger partial charge is 0.0547 e. The number of anilines is 3. The minimum absolute atomic E-state index is 1.08. The van der Waals surface area contributed by atoms with E-state index < -0.39 is 0 Å². The topological polar surface area (TPSA) is 8.17 Å². The molecule has 0 unspecified atom stereocenters. The molecule has 0 saturated heterocycles. The van der Waals surface area contributed by atoms with E-state index in [4.69, 9.17) is 0 Å².